The molecule has 130 valence electrons. The van der Waals surface area contributed by atoms with Gasteiger partial charge in [0, 0.05) is 38.8 Å². The number of carbonyl (C=O) groups excluding carboxylic acids is 2. The van der Waals surface area contributed by atoms with Crippen LogP contribution in [0.5, 0.6) is 0 Å². The predicted molar refractivity (Wildman–Crippen MR) is 91.5 cm³/mol. The topological polar surface area (TPSA) is 78.7 Å². The molecule has 0 bridgehead atoms. The fourth-order valence-electron chi connectivity index (χ4n) is 3.11. The SMILES string of the molecule is CCNC(=O)CN1CCN(C(=O)C2CCCC2N)CC1.Cl.Cl. The third-order valence-corrected chi connectivity index (χ3v) is 4.31. The standard InChI is InChI=1S/C14H26N4O2.2ClH/c1-2-16-13(19)10-17-6-8-18(9-7-17)14(20)11-4-3-5-12(11)15;;/h11-12H,2-10,15H2,1H3,(H,16,19);2*1H. The number of nitrogens with zero attached hydrogens (tertiary/aromatic N) is 2. The third-order valence-electron chi connectivity index (χ3n) is 4.31. The molecule has 2 rings (SSSR count). The van der Waals surface area contributed by atoms with E-state index in [2.05, 4.69) is 10.2 Å². The van der Waals surface area contributed by atoms with Gasteiger partial charge in [-0.3, -0.25) is 14.5 Å². The molecule has 0 radical (unpaired) electrons. The van der Waals surface area contributed by atoms with Crippen molar-refractivity contribution in [2.45, 2.75) is 32.2 Å². The molecule has 2 aliphatic rings. The maximum absolute atomic E-state index is 12.4. The molecule has 0 aromatic carbocycles. The van der Waals surface area contributed by atoms with Crippen LogP contribution in [0, 0.1) is 5.92 Å². The molecule has 2 fully saturated rings. The van der Waals surface area contributed by atoms with E-state index in [0.717, 1.165) is 32.4 Å². The highest BCUT2D eigenvalue weighted by atomic mass is 35.5. The normalized spacial score (nSPS) is 25.1. The third kappa shape index (κ3) is 5.57. The summed E-state index contributed by atoms with van der Waals surface area (Å²) in [6.07, 6.45) is 2.96. The number of likely N-dealkylation sites (N-methyl/N-ethyl adjacent to an activating group) is 1. The molecule has 1 heterocycles. The molecule has 2 amide bonds. The van der Waals surface area contributed by atoms with Crippen molar-refractivity contribution in [2.75, 3.05) is 39.3 Å². The van der Waals surface area contributed by atoms with Gasteiger partial charge in [-0.2, -0.15) is 0 Å². The molecule has 8 heteroatoms. The fourth-order valence-corrected chi connectivity index (χ4v) is 3.11. The molecule has 1 saturated heterocycles. The van der Waals surface area contributed by atoms with Crippen molar-refractivity contribution in [1.82, 2.24) is 15.1 Å². The molecule has 0 aromatic rings. The first-order chi connectivity index (χ1) is 9.61. The van der Waals surface area contributed by atoms with Crippen LogP contribution < -0.4 is 11.1 Å². The average Bonchev–Trinajstić information content (AvgIpc) is 2.85. The van der Waals surface area contributed by atoms with Gasteiger partial charge in [-0.1, -0.05) is 6.42 Å². The first-order valence-corrected chi connectivity index (χ1v) is 7.65. The van der Waals surface area contributed by atoms with E-state index in [-0.39, 0.29) is 48.6 Å². The van der Waals surface area contributed by atoms with Crippen LogP contribution in [0.1, 0.15) is 26.2 Å². The minimum Gasteiger partial charge on any atom is -0.355 e. The first-order valence-electron chi connectivity index (χ1n) is 7.65. The molecular weight excluding hydrogens is 327 g/mol. The number of halogens is 2. The Labute approximate surface area is 145 Å². The zero-order valence-electron chi connectivity index (χ0n) is 13.1. The minimum absolute atomic E-state index is 0. The van der Waals surface area contributed by atoms with Crippen LogP contribution in [-0.2, 0) is 9.59 Å². The number of nitrogens with two attached hydrogens (primary N) is 1. The van der Waals surface area contributed by atoms with Crippen LogP contribution in [-0.4, -0.2) is 66.9 Å². The number of hydrogen-bond donors (Lipinski definition) is 2. The van der Waals surface area contributed by atoms with Gasteiger partial charge in [0.2, 0.25) is 11.8 Å². The second-order valence-electron chi connectivity index (χ2n) is 5.76. The highest BCUT2D eigenvalue weighted by Gasteiger charge is 2.34. The van der Waals surface area contributed by atoms with Gasteiger partial charge in [0.05, 0.1) is 12.5 Å². The molecule has 1 aliphatic carbocycles. The van der Waals surface area contributed by atoms with Crippen LogP contribution in [0.3, 0.4) is 0 Å². The van der Waals surface area contributed by atoms with E-state index in [9.17, 15) is 9.59 Å². The van der Waals surface area contributed by atoms with Gasteiger partial charge in [0.1, 0.15) is 0 Å². The van der Waals surface area contributed by atoms with Crippen LogP contribution in [0.2, 0.25) is 0 Å². The van der Waals surface area contributed by atoms with Crippen molar-refractivity contribution in [3.8, 4) is 0 Å². The Kier molecular flexibility index (Phi) is 10.00. The monoisotopic (exact) mass is 354 g/mol. The van der Waals surface area contributed by atoms with Crippen LogP contribution in [0.15, 0.2) is 0 Å². The van der Waals surface area contributed by atoms with Crippen molar-refractivity contribution >= 4 is 36.6 Å². The molecule has 22 heavy (non-hydrogen) atoms. The summed E-state index contributed by atoms with van der Waals surface area (Å²) in [7, 11) is 0. The van der Waals surface area contributed by atoms with Gasteiger partial charge in [-0.05, 0) is 19.8 Å². The maximum atomic E-state index is 12.4. The van der Waals surface area contributed by atoms with Crippen molar-refractivity contribution in [1.29, 1.82) is 0 Å². The number of piperazine rings is 1. The van der Waals surface area contributed by atoms with E-state index in [4.69, 9.17) is 5.73 Å². The molecule has 3 N–H and O–H groups in total. The number of carbonyl (C=O) groups is 2. The largest absolute Gasteiger partial charge is 0.355 e. The lowest BCUT2D eigenvalue weighted by molar-refractivity contribution is -0.137. The molecule has 0 spiro atoms. The molecule has 0 aromatic heterocycles. The number of amides is 2. The second-order valence-corrected chi connectivity index (χ2v) is 5.76. The summed E-state index contributed by atoms with van der Waals surface area (Å²) < 4.78 is 0. The van der Waals surface area contributed by atoms with Gasteiger partial charge >= 0.3 is 0 Å². The van der Waals surface area contributed by atoms with E-state index in [0.29, 0.717) is 26.2 Å². The highest BCUT2D eigenvalue weighted by molar-refractivity contribution is 5.85. The summed E-state index contributed by atoms with van der Waals surface area (Å²) >= 11 is 0. The Balaban J connectivity index is 0.00000220. The molecule has 1 aliphatic heterocycles. The minimum atomic E-state index is 0. The lowest BCUT2D eigenvalue weighted by Crippen LogP contribution is -2.53. The summed E-state index contributed by atoms with van der Waals surface area (Å²) in [5.41, 5.74) is 6.00. The smallest absolute Gasteiger partial charge is 0.234 e. The quantitative estimate of drug-likeness (QED) is 0.757. The van der Waals surface area contributed by atoms with Crippen LogP contribution >= 0.6 is 24.8 Å². The lowest BCUT2D eigenvalue weighted by Gasteiger charge is -2.36. The summed E-state index contributed by atoms with van der Waals surface area (Å²) in [5.74, 6) is 0.294. The van der Waals surface area contributed by atoms with Gasteiger partial charge < -0.3 is 16.0 Å². The van der Waals surface area contributed by atoms with E-state index >= 15 is 0 Å². The molecule has 6 nitrogen and oxygen atoms in total. The van der Waals surface area contributed by atoms with Gasteiger partial charge in [0.15, 0.2) is 0 Å². The van der Waals surface area contributed by atoms with Crippen molar-refractivity contribution in [3.05, 3.63) is 0 Å². The number of rotatable bonds is 4. The Morgan fingerprint density at radius 3 is 2.27 bits per heavy atom. The maximum Gasteiger partial charge on any atom is 0.234 e. The zero-order chi connectivity index (χ0) is 14.5. The molecule has 2 unspecified atom stereocenters. The van der Waals surface area contributed by atoms with Crippen molar-refractivity contribution in [2.24, 2.45) is 11.7 Å². The van der Waals surface area contributed by atoms with Gasteiger partial charge in [0.25, 0.3) is 0 Å². The Morgan fingerprint density at radius 2 is 1.77 bits per heavy atom. The van der Waals surface area contributed by atoms with E-state index in [1.54, 1.807) is 0 Å². The Hall–Kier alpha value is -0.560. The van der Waals surface area contributed by atoms with Crippen molar-refractivity contribution < 1.29 is 9.59 Å². The number of nitrogens with one attached hydrogen (secondary N) is 1. The van der Waals surface area contributed by atoms with E-state index in [1.165, 1.54) is 0 Å². The summed E-state index contributed by atoms with van der Waals surface area (Å²) in [6, 6.07) is 0.0378. The summed E-state index contributed by atoms with van der Waals surface area (Å²) in [4.78, 5) is 27.9. The van der Waals surface area contributed by atoms with Gasteiger partial charge in [-0.25, -0.2) is 0 Å². The average molecular weight is 355 g/mol. The fraction of sp³-hybridized carbons (Fsp3) is 0.857. The highest BCUT2D eigenvalue weighted by Crippen LogP contribution is 2.26. The first kappa shape index (κ1) is 21.4. The molecular formula is C14H28Cl2N4O2. The zero-order valence-corrected chi connectivity index (χ0v) is 14.8. The Morgan fingerprint density at radius 1 is 1.14 bits per heavy atom. The van der Waals surface area contributed by atoms with E-state index in [1.807, 2.05) is 11.8 Å². The van der Waals surface area contributed by atoms with Crippen LogP contribution in [0.25, 0.3) is 0 Å². The number of hydrogen-bond acceptors (Lipinski definition) is 4. The van der Waals surface area contributed by atoms with Gasteiger partial charge in [-0.15, -0.1) is 24.8 Å². The predicted octanol–water partition coefficient (Wildman–Crippen LogP) is 0.238. The Bertz CT molecular complexity index is 363. The second kappa shape index (κ2) is 10.3. The van der Waals surface area contributed by atoms with Crippen molar-refractivity contribution in [3.63, 3.8) is 0 Å². The summed E-state index contributed by atoms with van der Waals surface area (Å²) in [5, 5.41) is 2.80. The molecule has 1 saturated carbocycles. The molecule has 2 atom stereocenters. The van der Waals surface area contributed by atoms with E-state index < -0.39 is 0 Å². The van der Waals surface area contributed by atoms with Crippen LogP contribution in [0.4, 0.5) is 0 Å². The lowest BCUT2D eigenvalue weighted by atomic mass is 10.0. The summed E-state index contributed by atoms with van der Waals surface area (Å²) in [6.45, 7) is 5.97.